The van der Waals surface area contributed by atoms with Crippen LogP contribution in [0, 0.1) is 0 Å². The minimum Gasteiger partial charge on any atom is -0.368 e. The van der Waals surface area contributed by atoms with Gasteiger partial charge in [-0.25, -0.2) is 8.42 Å². The zero-order valence-corrected chi connectivity index (χ0v) is 18.2. The fraction of sp³-hybridized carbons (Fsp3) is 0.435. The van der Waals surface area contributed by atoms with Crippen molar-refractivity contribution in [3.05, 3.63) is 59.7 Å². The Morgan fingerprint density at radius 2 is 1.97 bits per heavy atom. The van der Waals surface area contributed by atoms with Gasteiger partial charge in [-0.15, -0.1) is 0 Å². The number of benzene rings is 2. The minimum atomic E-state index is -3.28. The van der Waals surface area contributed by atoms with Crippen molar-refractivity contribution in [2.24, 2.45) is 0 Å². The number of rotatable bonds is 6. The topological polar surface area (TPSA) is 69.7 Å². The Morgan fingerprint density at radius 1 is 1.13 bits per heavy atom. The molecule has 4 rings (SSSR count). The number of nitrogens with zero attached hydrogens (tertiary/aromatic N) is 2. The van der Waals surface area contributed by atoms with Gasteiger partial charge in [-0.1, -0.05) is 24.3 Å². The lowest BCUT2D eigenvalue weighted by Gasteiger charge is -2.28. The molecule has 160 valence electrons. The van der Waals surface area contributed by atoms with Crippen molar-refractivity contribution in [3.63, 3.8) is 0 Å². The molecule has 2 aromatic rings. The Hall–Kier alpha value is -2.54. The molecule has 2 aromatic carbocycles. The fourth-order valence-electron chi connectivity index (χ4n) is 4.40. The quantitative estimate of drug-likeness (QED) is 0.719. The first kappa shape index (κ1) is 20.7. The summed E-state index contributed by atoms with van der Waals surface area (Å²) in [5.41, 5.74) is 3.75. The molecule has 0 saturated carbocycles. The third-order valence-corrected chi connectivity index (χ3v) is 7.82. The fourth-order valence-corrected chi connectivity index (χ4v) is 6.04. The normalized spacial score (nSPS) is 20.1. The first-order chi connectivity index (χ1) is 14.5. The van der Waals surface area contributed by atoms with Crippen LogP contribution in [-0.4, -0.2) is 45.8 Å². The van der Waals surface area contributed by atoms with Crippen LogP contribution in [0.15, 0.2) is 48.5 Å². The van der Waals surface area contributed by atoms with Crippen LogP contribution in [0.25, 0.3) is 0 Å². The molecule has 0 aliphatic carbocycles. The summed E-state index contributed by atoms with van der Waals surface area (Å²) >= 11 is 0. The summed E-state index contributed by atoms with van der Waals surface area (Å²) in [6, 6.07) is 15.9. The van der Waals surface area contributed by atoms with E-state index in [1.807, 2.05) is 0 Å². The van der Waals surface area contributed by atoms with E-state index in [2.05, 4.69) is 41.4 Å². The maximum Gasteiger partial charge on any atom is 0.251 e. The predicted octanol–water partition coefficient (Wildman–Crippen LogP) is 3.19. The van der Waals surface area contributed by atoms with E-state index in [4.69, 9.17) is 0 Å². The molecule has 1 atom stereocenters. The molecule has 1 fully saturated rings. The molecule has 1 amide bonds. The number of amides is 1. The molecule has 2 aliphatic rings. The lowest BCUT2D eigenvalue weighted by atomic mass is 10.1. The van der Waals surface area contributed by atoms with E-state index in [1.165, 1.54) is 15.6 Å². The van der Waals surface area contributed by atoms with Gasteiger partial charge >= 0.3 is 0 Å². The van der Waals surface area contributed by atoms with Crippen molar-refractivity contribution in [3.8, 4) is 0 Å². The van der Waals surface area contributed by atoms with Crippen LogP contribution in [0.5, 0.6) is 0 Å². The summed E-state index contributed by atoms with van der Waals surface area (Å²) < 4.78 is 26.1. The monoisotopic (exact) mass is 427 g/mol. The summed E-state index contributed by atoms with van der Waals surface area (Å²) in [4.78, 5) is 15.0. The molecule has 2 aliphatic heterocycles. The zero-order valence-electron chi connectivity index (χ0n) is 17.4. The van der Waals surface area contributed by atoms with E-state index in [0.717, 1.165) is 25.8 Å². The Kier molecular flexibility index (Phi) is 5.99. The summed E-state index contributed by atoms with van der Waals surface area (Å²) in [6.07, 6.45) is 3.45. The molecule has 30 heavy (non-hydrogen) atoms. The van der Waals surface area contributed by atoms with Crippen molar-refractivity contribution in [1.29, 1.82) is 0 Å². The van der Waals surface area contributed by atoms with E-state index < -0.39 is 10.0 Å². The smallest absolute Gasteiger partial charge is 0.251 e. The maximum absolute atomic E-state index is 12.6. The van der Waals surface area contributed by atoms with Gasteiger partial charge in [-0.3, -0.25) is 9.10 Å². The number of nitrogens with one attached hydrogen (secondary N) is 1. The van der Waals surface area contributed by atoms with Gasteiger partial charge in [0, 0.05) is 36.9 Å². The van der Waals surface area contributed by atoms with Gasteiger partial charge in [0.1, 0.15) is 0 Å². The molecule has 1 saturated heterocycles. The van der Waals surface area contributed by atoms with Gasteiger partial charge in [0.15, 0.2) is 0 Å². The van der Waals surface area contributed by atoms with Gasteiger partial charge in [-0.05, 0) is 62.4 Å². The number of para-hydroxylation sites is 1. The van der Waals surface area contributed by atoms with Gasteiger partial charge < -0.3 is 10.2 Å². The lowest BCUT2D eigenvalue weighted by Crippen LogP contribution is -2.38. The van der Waals surface area contributed by atoms with E-state index in [0.29, 0.717) is 36.8 Å². The van der Waals surface area contributed by atoms with Crippen LogP contribution in [0.4, 0.5) is 11.4 Å². The van der Waals surface area contributed by atoms with Crippen LogP contribution in [0.2, 0.25) is 0 Å². The number of hydrogen-bond donors (Lipinski definition) is 1. The molecule has 0 bridgehead atoms. The zero-order chi connectivity index (χ0) is 21.1. The predicted molar refractivity (Wildman–Crippen MR) is 121 cm³/mol. The van der Waals surface area contributed by atoms with Crippen molar-refractivity contribution < 1.29 is 13.2 Å². The summed E-state index contributed by atoms with van der Waals surface area (Å²) in [6.45, 7) is 4.18. The van der Waals surface area contributed by atoms with Crippen molar-refractivity contribution >= 4 is 27.3 Å². The van der Waals surface area contributed by atoms with Crippen molar-refractivity contribution in [1.82, 2.24) is 5.32 Å². The molecule has 2 heterocycles. The second-order valence-electron chi connectivity index (χ2n) is 8.13. The SMILES string of the molecule is CC1Cc2ccccc2N1CCCNC(=O)c1cccc(N2CCCCS2(=O)=O)c1. The highest BCUT2D eigenvalue weighted by atomic mass is 32.2. The van der Waals surface area contributed by atoms with Gasteiger partial charge in [0.25, 0.3) is 5.91 Å². The Balaban J connectivity index is 1.33. The highest BCUT2D eigenvalue weighted by molar-refractivity contribution is 7.92. The van der Waals surface area contributed by atoms with Crippen molar-refractivity contribution in [2.75, 3.05) is 34.6 Å². The standard InChI is InChI=1S/C23H29N3O3S/c1-18-16-19-8-2-3-11-22(19)25(18)13-7-12-24-23(27)20-9-6-10-21(17-20)26-14-4-5-15-30(26,28)29/h2-3,6,8-11,17-18H,4-5,7,12-16H2,1H3,(H,24,27). The van der Waals surface area contributed by atoms with Crippen LogP contribution in [-0.2, 0) is 16.4 Å². The van der Waals surface area contributed by atoms with E-state index in [1.54, 1.807) is 24.3 Å². The Labute approximate surface area is 178 Å². The first-order valence-electron chi connectivity index (χ1n) is 10.7. The van der Waals surface area contributed by atoms with Crippen LogP contribution < -0.4 is 14.5 Å². The molecule has 0 aromatic heterocycles. The van der Waals surface area contributed by atoms with Crippen molar-refractivity contribution in [2.45, 2.75) is 38.6 Å². The molecule has 1 unspecified atom stereocenters. The molecule has 0 spiro atoms. The van der Waals surface area contributed by atoms with Gasteiger partial charge in [0.2, 0.25) is 10.0 Å². The number of hydrogen-bond acceptors (Lipinski definition) is 4. The number of sulfonamides is 1. The number of anilines is 2. The van der Waals surface area contributed by atoms with Crippen LogP contribution >= 0.6 is 0 Å². The highest BCUT2D eigenvalue weighted by Crippen LogP contribution is 2.31. The van der Waals surface area contributed by atoms with Gasteiger partial charge in [0.05, 0.1) is 11.4 Å². The highest BCUT2D eigenvalue weighted by Gasteiger charge is 2.27. The maximum atomic E-state index is 12.6. The third-order valence-electron chi connectivity index (χ3n) is 5.96. The second kappa shape index (κ2) is 8.68. The Bertz CT molecular complexity index is 1020. The summed E-state index contributed by atoms with van der Waals surface area (Å²) in [7, 11) is -3.28. The average molecular weight is 428 g/mol. The van der Waals surface area contributed by atoms with E-state index >= 15 is 0 Å². The molecular weight excluding hydrogens is 398 g/mol. The van der Waals surface area contributed by atoms with Gasteiger partial charge in [-0.2, -0.15) is 0 Å². The summed E-state index contributed by atoms with van der Waals surface area (Å²) in [5.74, 6) is 0.00251. The number of carbonyl (C=O) groups excluding carboxylic acids is 1. The molecule has 7 heteroatoms. The molecule has 1 N–H and O–H groups in total. The Morgan fingerprint density at radius 3 is 2.80 bits per heavy atom. The largest absolute Gasteiger partial charge is 0.368 e. The van der Waals surface area contributed by atoms with Crippen LogP contribution in [0.1, 0.15) is 42.1 Å². The third kappa shape index (κ3) is 4.31. The molecular formula is C23H29N3O3S. The first-order valence-corrected chi connectivity index (χ1v) is 12.3. The molecule has 6 nitrogen and oxygen atoms in total. The number of carbonyl (C=O) groups is 1. The summed E-state index contributed by atoms with van der Waals surface area (Å²) in [5, 5.41) is 2.98. The molecule has 0 radical (unpaired) electrons. The van der Waals surface area contributed by atoms with E-state index in [9.17, 15) is 13.2 Å². The van der Waals surface area contributed by atoms with Crippen LogP contribution in [0.3, 0.4) is 0 Å². The minimum absolute atomic E-state index is 0.166. The second-order valence-corrected chi connectivity index (χ2v) is 10.1. The average Bonchev–Trinajstić information content (AvgIpc) is 3.06. The lowest BCUT2D eigenvalue weighted by molar-refractivity contribution is 0.0953. The number of fused-ring (bicyclic) bond motifs is 1. The van der Waals surface area contributed by atoms with E-state index in [-0.39, 0.29) is 11.7 Å².